The zero-order valence-corrected chi connectivity index (χ0v) is 14.0. The van der Waals surface area contributed by atoms with Gasteiger partial charge in [-0.1, -0.05) is 12.1 Å². The van der Waals surface area contributed by atoms with E-state index in [2.05, 4.69) is 51.4 Å². The van der Waals surface area contributed by atoms with Crippen molar-refractivity contribution in [1.29, 1.82) is 0 Å². The van der Waals surface area contributed by atoms with Gasteiger partial charge in [0, 0.05) is 31.0 Å². The summed E-state index contributed by atoms with van der Waals surface area (Å²) in [4.78, 5) is 33.0. The second kappa shape index (κ2) is 6.86. The third-order valence-corrected chi connectivity index (χ3v) is 4.37. The highest BCUT2D eigenvalue weighted by Gasteiger charge is 2.22. The van der Waals surface area contributed by atoms with E-state index in [9.17, 15) is 9.59 Å². The maximum absolute atomic E-state index is 12.3. The highest BCUT2D eigenvalue weighted by molar-refractivity contribution is 5.93. The topological polar surface area (TPSA) is 78.1 Å². The molecule has 0 atom stereocenters. The van der Waals surface area contributed by atoms with Gasteiger partial charge in [0.2, 0.25) is 0 Å². The van der Waals surface area contributed by atoms with Crippen molar-refractivity contribution >= 4 is 11.6 Å². The largest absolute Gasteiger partial charge is 0.371 e. The molecule has 1 amide bonds. The van der Waals surface area contributed by atoms with Crippen molar-refractivity contribution in [2.45, 2.75) is 32.7 Å². The number of aromatic amines is 1. The fourth-order valence-electron chi connectivity index (χ4n) is 3.02. The van der Waals surface area contributed by atoms with E-state index in [4.69, 9.17) is 0 Å². The minimum absolute atomic E-state index is 0.0710. The molecule has 2 N–H and O–H groups in total. The lowest BCUT2D eigenvalue weighted by Crippen LogP contribution is -2.45. The SMILES string of the molecule is Cc1cccc(N2CCC(NC(=O)c3cnc(C)[nH]c3=O)CC2)c1. The molecule has 0 aliphatic carbocycles. The molecule has 126 valence electrons. The van der Waals surface area contributed by atoms with Gasteiger partial charge in [-0.05, 0) is 44.4 Å². The zero-order valence-electron chi connectivity index (χ0n) is 14.0. The van der Waals surface area contributed by atoms with Crippen molar-refractivity contribution in [2.75, 3.05) is 18.0 Å². The van der Waals surface area contributed by atoms with Crippen LogP contribution in [-0.4, -0.2) is 35.0 Å². The van der Waals surface area contributed by atoms with E-state index in [1.165, 1.54) is 17.4 Å². The van der Waals surface area contributed by atoms with Crippen LogP contribution >= 0.6 is 0 Å². The Morgan fingerprint density at radius 2 is 2.04 bits per heavy atom. The number of nitrogens with one attached hydrogen (secondary N) is 2. The predicted octanol–water partition coefficient (Wildman–Crippen LogP) is 1.79. The zero-order chi connectivity index (χ0) is 17.1. The Balaban J connectivity index is 1.59. The van der Waals surface area contributed by atoms with Crippen LogP contribution in [0.25, 0.3) is 0 Å². The van der Waals surface area contributed by atoms with Crippen molar-refractivity contribution in [3.8, 4) is 0 Å². The van der Waals surface area contributed by atoms with Crippen molar-refractivity contribution in [3.63, 3.8) is 0 Å². The van der Waals surface area contributed by atoms with Crippen LogP contribution in [0.4, 0.5) is 5.69 Å². The van der Waals surface area contributed by atoms with E-state index in [0.29, 0.717) is 5.82 Å². The van der Waals surface area contributed by atoms with Crippen LogP contribution in [0.2, 0.25) is 0 Å². The normalized spacial score (nSPS) is 15.3. The third kappa shape index (κ3) is 3.64. The summed E-state index contributed by atoms with van der Waals surface area (Å²) < 4.78 is 0. The molecule has 2 aromatic rings. The molecule has 1 aliphatic rings. The molecular formula is C18H22N4O2. The molecule has 1 aromatic carbocycles. The second-order valence-corrected chi connectivity index (χ2v) is 6.29. The molecule has 2 heterocycles. The summed E-state index contributed by atoms with van der Waals surface area (Å²) in [5.41, 5.74) is 2.15. The summed E-state index contributed by atoms with van der Waals surface area (Å²) in [6, 6.07) is 8.53. The molecule has 1 saturated heterocycles. The monoisotopic (exact) mass is 326 g/mol. The van der Waals surface area contributed by atoms with Gasteiger partial charge in [-0.2, -0.15) is 0 Å². The molecule has 0 radical (unpaired) electrons. The molecule has 24 heavy (non-hydrogen) atoms. The molecule has 0 saturated carbocycles. The molecule has 1 aromatic heterocycles. The fraction of sp³-hybridized carbons (Fsp3) is 0.389. The fourth-order valence-corrected chi connectivity index (χ4v) is 3.02. The van der Waals surface area contributed by atoms with Gasteiger partial charge in [0.15, 0.2) is 0 Å². The molecule has 1 fully saturated rings. The van der Waals surface area contributed by atoms with Gasteiger partial charge in [-0.15, -0.1) is 0 Å². The quantitative estimate of drug-likeness (QED) is 0.901. The van der Waals surface area contributed by atoms with Gasteiger partial charge in [0.1, 0.15) is 11.4 Å². The van der Waals surface area contributed by atoms with Crippen LogP contribution in [0.1, 0.15) is 34.6 Å². The Labute approximate surface area is 140 Å². The first kappa shape index (κ1) is 16.2. The first-order chi connectivity index (χ1) is 11.5. The van der Waals surface area contributed by atoms with E-state index in [-0.39, 0.29) is 17.5 Å². The molecule has 6 heteroatoms. The number of anilines is 1. The van der Waals surface area contributed by atoms with Gasteiger partial charge < -0.3 is 15.2 Å². The van der Waals surface area contributed by atoms with E-state index >= 15 is 0 Å². The Bertz CT molecular complexity index is 792. The van der Waals surface area contributed by atoms with Gasteiger partial charge in [-0.25, -0.2) is 4.98 Å². The highest BCUT2D eigenvalue weighted by atomic mass is 16.2. The Morgan fingerprint density at radius 3 is 2.71 bits per heavy atom. The van der Waals surface area contributed by atoms with Crippen LogP contribution in [0.3, 0.4) is 0 Å². The second-order valence-electron chi connectivity index (χ2n) is 6.29. The molecule has 1 aliphatic heterocycles. The molecule has 0 unspecified atom stereocenters. The van der Waals surface area contributed by atoms with Crippen LogP contribution < -0.4 is 15.8 Å². The molecule has 6 nitrogen and oxygen atoms in total. The number of hydrogen-bond donors (Lipinski definition) is 2. The number of carbonyl (C=O) groups is 1. The Kier molecular flexibility index (Phi) is 4.64. The first-order valence-corrected chi connectivity index (χ1v) is 8.21. The number of benzene rings is 1. The lowest BCUT2D eigenvalue weighted by molar-refractivity contribution is 0.0929. The summed E-state index contributed by atoms with van der Waals surface area (Å²) in [6.45, 7) is 5.54. The maximum Gasteiger partial charge on any atom is 0.263 e. The van der Waals surface area contributed by atoms with Crippen molar-refractivity contribution in [2.24, 2.45) is 0 Å². The summed E-state index contributed by atoms with van der Waals surface area (Å²) in [5, 5.41) is 2.95. The lowest BCUT2D eigenvalue weighted by Gasteiger charge is -2.34. The van der Waals surface area contributed by atoms with Crippen LogP contribution in [0.5, 0.6) is 0 Å². The van der Waals surface area contributed by atoms with Crippen molar-refractivity contribution < 1.29 is 4.79 Å². The van der Waals surface area contributed by atoms with Crippen LogP contribution in [-0.2, 0) is 0 Å². The number of nitrogens with zero attached hydrogens (tertiary/aromatic N) is 2. The van der Waals surface area contributed by atoms with Gasteiger partial charge in [0.25, 0.3) is 11.5 Å². The van der Waals surface area contributed by atoms with Crippen molar-refractivity contribution in [3.05, 3.63) is 57.8 Å². The van der Waals surface area contributed by atoms with Gasteiger partial charge in [-0.3, -0.25) is 9.59 Å². The highest BCUT2D eigenvalue weighted by Crippen LogP contribution is 2.21. The molecular weight excluding hydrogens is 304 g/mol. The third-order valence-electron chi connectivity index (χ3n) is 4.37. The number of aryl methyl sites for hydroxylation is 2. The predicted molar refractivity (Wildman–Crippen MR) is 93.5 cm³/mol. The Morgan fingerprint density at radius 1 is 1.29 bits per heavy atom. The van der Waals surface area contributed by atoms with Gasteiger partial charge in [0.05, 0.1) is 0 Å². The number of carbonyl (C=O) groups excluding carboxylic acids is 1. The molecule has 3 rings (SSSR count). The number of amides is 1. The number of H-pyrrole nitrogens is 1. The molecule has 0 spiro atoms. The summed E-state index contributed by atoms with van der Waals surface area (Å²) in [7, 11) is 0. The maximum atomic E-state index is 12.3. The van der Waals surface area contributed by atoms with E-state index < -0.39 is 5.56 Å². The number of hydrogen-bond acceptors (Lipinski definition) is 4. The summed E-state index contributed by atoms with van der Waals surface area (Å²) >= 11 is 0. The summed E-state index contributed by atoms with van der Waals surface area (Å²) in [6.07, 6.45) is 3.05. The smallest absolute Gasteiger partial charge is 0.263 e. The number of rotatable bonds is 3. The van der Waals surface area contributed by atoms with E-state index in [1.54, 1.807) is 6.92 Å². The minimum Gasteiger partial charge on any atom is -0.371 e. The summed E-state index contributed by atoms with van der Waals surface area (Å²) in [5.74, 6) is 0.153. The first-order valence-electron chi connectivity index (χ1n) is 8.21. The van der Waals surface area contributed by atoms with E-state index in [1.807, 2.05) is 0 Å². The number of aromatic nitrogens is 2. The lowest BCUT2D eigenvalue weighted by atomic mass is 10.0. The van der Waals surface area contributed by atoms with Gasteiger partial charge >= 0.3 is 0 Å². The molecule has 0 bridgehead atoms. The van der Waals surface area contributed by atoms with Crippen LogP contribution in [0.15, 0.2) is 35.3 Å². The minimum atomic E-state index is -0.391. The number of piperidine rings is 1. The average molecular weight is 326 g/mol. The Hall–Kier alpha value is -2.63. The van der Waals surface area contributed by atoms with Crippen molar-refractivity contribution in [1.82, 2.24) is 15.3 Å². The average Bonchev–Trinajstić information content (AvgIpc) is 2.55. The van der Waals surface area contributed by atoms with E-state index in [0.717, 1.165) is 25.9 Å². The standard InChI is InChI=1S/C18H22N4O2/c1-12-4-3-5-15(10-12)22-8-6-14(7-9-22)21-18(24)16-11-19-13(2)20-17(16)23/h3-5,10-11,14H,6-9H2,1-2H3,(H,21,24)(H,19,20,23). The van der Waals surface area contributed by atoms with Crippen LogP contribution in [0, 0.1) is 13.8 Å².